The summed E-state index contributed by atoms with van der Waals surface area (Å²) in [7, 11) is 0. The van der Waals surface area contributed by atoms with E-state index in [2.05, 4.69) is 27.1 Å². The van der Waals surface area contributed by atoms with Gasteiger partial charge in [-0.2, -0.15) is 5.10 Å². The maximum atomic E-state index is 5.90. The Labute approximate surface area is 131 Å². The molecular weight excluding hydrogens is 336 g/mol. The molecule has 0 amide bonds. The molecule has 2 aromatic carbocycles. The van der Waals surface area contributed by atoms with E-state index in [1.165, 1.54) is 5.56 Å². The smallest absolute Gasteiger partial charge is 0.0670 e. The Morgan fingerprint density at radius 1 is 1.00 bits per heavy atom. The van der Waals surface area contributed by atoms with Crippen molar-refractivity contribution in [3.05, 3.63) is 76.0 Å². The van der Waals surface area contributed by atoms with Crippen LogP contribution in [-0.4, -0.2) is 9.78 Å². The van der Waals surface area contributed by atoms with Gasteiger partial charge in [0.05, 0.1) is 12.7 Å². The van der Waals surface area contributed by atoms with Crippen molar-refractivity contribution in [3.8, 4) is 11.1 Å². The monoisotopic (exact) mass is 346 g/mol. The third kappa shape index (κ3) is 2.94. The third-order valence-corrected chi connectivity index (χ3v) is 4.13. The van der Waals surface area contributed by atoms with E-state index >= 15 is 0 Å². The molecule has 0 aliphatic carbocycles. The van der Waals surface area contributed by atoms with Crippen LogP contribution >= 0.6 is 27.5 Å². The van der Waals surface area contributed by atoms with Crippen LogP contribution in [0.2, 0.25) is 5.02 Å². The predicted molar refractivity (Wildman–Crippen MR) is 85.9 cm³/mol. The van der Waals surface area contributed by atoms with E-state index in [-0.39, 0.29) is 0 Å². The molecule has 4 heteroatoms. The fourth-order valence-corrected chi connectivity index (χ4v) is 2.58. The summed E-state index contributed by atoms with van der Waals surface area (Å²) in [5.74, 6) is 0. The summed E-state index contributed by atoms with van der Waals surface area (Å²) < 4.78 is 3.04. The Bertz CT molecular complexity index is 719. The molecule has 0 aliphatic heterocycles. The van der Waals surface area contributed by atoms with E-state index in [0.29, 0.717) is 0 Å². The molecule has 3 rings (SSSR count). The quantitative estimate of drug-likeness (QED) is 0.651. The lowest BCUT2D eigenvalue weighted by molar-refractivity contribution is 0.685. The van der Waals surface area contributed by atoms with E-state index in [1.807, 2.05) is 59.5 Å². The van der Waals surface area contributed by atoms with Crippen LogP contribution < -0.4 is 0 Å². The predicted octanol–water partition coefficient (Wildman–Crippen LogP) is 5.01. The van der Waals surface area contributed by atoms with Crippen molar-refractivity contribution in [2.75, 3.05) is 0 Å². The van der Waals surface area contributed by atoms with Crippen LogP contribution in [0, 0.1) is 0 Å². The van der Waals surface area contributed by atoms with Gasteiger partial charge in [0.2, 0.25) is 0 Å². The minimum atomic E-state index is 0.745. The van der Waals surface area contributed by atoms with E-state index < -0.39 is 0 Å². The molecule has 100 valence electrons. The Balaban J connectivity index is 1.84. The highest BCUT2D eigenvalue weighted by Gasteiger charge is 2.04. The van der Waals surface area contributed by atoms with Crippen LogP contribution in [0.5, 0.6) is 0 Å². The van der Waals surface area contributed by atoms with Gasteiger partial charge in [-0.3, -0.25) is 4.68 Å². The topological polar surface area (TPSA) is 17.8 Å². The average molecular weight is 348 g/mol. The molecule has 20 heavy (non-hydrogen) atoms. The van der Waals surface area contributed by atoms with Crippen molar-refractivity contribution in [2.24, 2.45) is 0 Å². The van der Waals surface area contributed by atoms with E-state index in [1.54, 1.807) is 0 Å². The number of hydrogen-bond donors (Lipinski definition) is 0. The molecule has 0 atom stereocenters. The summed E-state index contributed by atoms with van der Waals surface area (Å²) in [5, 5.41) is 5.16. The molecule has 0 bridgehead atoms. The van der Waals surface area contributed by atoms with Crippen LogP contribution in [0.1, 0.15) is 5.56 Å². The van der Waals surface area contributed by atoms with Gasteiger partial charge in [-0.15, -0.1) is 0 Å². The first-order valence-corrected chi connectivity index (χ1v) is 7.41. The van der Waals surface area contributed by atoms with Gasteiger partial charge < -0.3 is 0 Å². The van der Waals surface area contributed by atoms with Gasteiger partial charge >= 0.3 is 0 Å². The van der Waals surface area contributed by atoms with Crippen molar-refractivity contribution in [1.82, 2.24) is 9.78 Å². The van der Waals surface area contributed by atoms with Crippen molar-refractivity contribution >= 4 is 27.5 Å². The largest absolute Gasteiger partial charge is 0.268 e. The SMILES string of the molecule is Clc1ccc(-c2cnn(Cc3ccccc3Br)c2)cc1. The lowest BCUT2D eigenvalue weighted by Crippen LogP contribution is -2.00. The average Bonchev–Trinajstić information content (AvgIpc) is 2.91. The highest BCUT2D eigenvalue weighted by molar-refractivity contribution is 9.10. The second kappa shape index (κ2) is 5.81. The first-order valence-electron chi connectivity index (χ1n) is 6.24. The molecule has 0 N–H and O–H groups in total. The second-order valence-electron chi connectivity index (χ2n) is 4.52. The van der Waals surface area contributed by atoms with Gasteiger partial charge in [0, 0.05) is 21.3 Å². The van der Waals surface area contributed by atoms with Gasteiger partial charge in [-0.1, -0.05) is 57.9 Å². The van der Waals surface area contributed by atoms with E-state index in [4.69, 9.17) is 11.6 Å². The van der Waals surface area contributed by atoms with Gasteiger partial charge in [-0.05, 0) is 29.3 Å². The number of aromatic nitrogens is 2. The summed E-state index contributed by atoms with van der Waals surface area (Å²) in [4.78, 5) is 0. The summed E-state index contributed by atoms with van der Waals surface area (Å²) in [6.07, 6.45) is 3.92. The Kier molecular flexibility index (Phi) is 3.90. The van der Waals surface area contributed by atoms with Crippen LogP contribution in [0.25, 0.3) is 11.1 Å². The zero-order valence-corrected chi connectivity index (χ0v) is 13.0. The van der Waals surface area contributed by atoms with Crippen LogP contribution in [0.4, 0.5) is 0 Å². The lowest BCUT2D eigenvalue weighted by atomic mass is 10.1. The standard InChI is InChI=1S/C16H12BrClN2/c17-16-4-2-1-3-13(16)10-20-11-14(9-19-20)12-5-7-15(18)8-6-12/h1-9,11H,10H2. The van der Waals surface area contributed by atoms with Crippen LogP contribution in [0.15, 0.2) is 65.4 Å². The number of halogens is 2. The zero-order chi connectivity index (χ0) is 13.9. The molecule has 0 aliphatic rings. The lowest BCUT2D eigenvalue weighted by Gasteiger charge is -2.04. The van der Waals surface area contributed by atoms with Gasteiger partial charge in [0.15, 0.2) is 0 Å². The van der Waals surface area contributed by atoms with Crippen molar-refractivity contribution < 1.29 is 0 Å². The fourth-order valence-electron chi connectivity index (χ4n) is 2.04. The molecule has 1 heterocycles. The van der Waals surface area contributed by atoms with Gasteiger partial charge in [0.1, 0.15) is 0 Å². The molecule has 1 aromatic heterocycles. The summed E-state index contributed by atoms with van der Waals surface area (Å²) in [6, 6.07) is 16.0. The molecule has 0 unspecified atom stereocenters. The highest BCUT2D eigenvalue weighted by atomic mass is 79.9. The normalized spacial score (nSPS) is 10.7. The first-order chi connectivity index (χ1) is 9.72. The zero-order valence-electron chi connectivity index (χ0n) is 10.6. The van der Waals surface area contributed by atoms with Crippen molar-refractivity contribution in [2.45, 2.75) is 6.54 Å². The van der Waals surface area contributed by atoms with E-state index in [0.717, 1.165) is 27.2 Å². The van der Waals surface area contributed by atoms with Crippen LogP contribution in [0.3, 0.4) is 0 Å². The minimum absolute atomic E-state index is 0.745. The molecule has 3 aromatic rings. The second-order valence-corrected chi connectivity index (χ2v) is 5.82. The molecule has 0 radical (unpaired) electrons. The Morgan fingerprint density at radius 2 is 1.75 bits per heavy atom. The highest BCUT2D eigenvalue weighted by Crippen LogP contribution is 2.22. The Morgan fingerprint density at radius 3 is 2.50 bits per heavy atom. The fraction of sp³-hybridized carbons (Fsp3) is 0.0625. The van der Waals surface area contributed by atoms with E-state index in [9.17, 15) is 0 Å². The summed E-state index contributed by atoms with van der Waals surface area (Å²) in [5.41, 5.74) is 3.42. The molecule has 2 nitrogen and oxygen atoms in total. The van der Waals surface area contributed by atoms with Gasteiger partial charge in [-0.25, -0.2) is 0 Å². The van der Waals surface area contributed by atoms with Gasteiger partial charge in [0.25, 0.3) is 0 Å². The summed E-state index contributed by atoms with van der Waals surface area (Å²) in [6.45, 7) is 0.745. The molecule has 0 saturated carbocycles. The summed E-state index contributed by atoms with van der Waals surface area (Å²) >= 11 is 9.46. The number of hydrogen-bond acceptors (Lipinski definition) is 1. The molecular formula is C16H12BrClN2. The molecule has 0 saturated heterocycles. The maximum absolute atomic E-state index is 5.90. The first kappa shape index (κ1) is 13.4. The van der Waals surface area contributed by atoms with Crippen molar-refractivity contribution in [1.29, 1.82) is 0 Å². The number of rotatable bonds is 3. The third-order valence-electron chi connectivity index (χ3n) is 3.10. The number of nitrogens with zero attached hydrogens (tertiary/aromatic N) is 2. The molecule has 0 fully saturated rings. The van der Waals surface area contributed by atoms with Crippen LogP contribution in [-0.2, 0) is 6.54 Å². The molecule has 0 spiro atoms. The maximum Gasteiger partial charge on any atom is 0.0670 e. The van der Waals surface area contributed by atoms with Crippen molar-refractivity contribution in [3.63, 3.8) is 0 Å². The minimum Gasteiger partial charge on any atom is -0.268 e. The number of benzene rings is 2. The Hall–Kier alpha value is -1.58.